The van der Waals surface area contributed by atoms with Gasteiger partial charge in [-0.25, -0.2) is 0 Å². The van der Waals surface area contributed by atoms with E-state index in [4.69, 9.17) is 21.1 Å². The van der Waals surface area contributed by atoms with Crippen molar-refractivity contribution in [2.75, 3.05) is 7.11 Å². The average molecular weight is 337 g/mol. The van der Waals surface area contributed by atoms with Gasteiger partial charge in [-0.15, -0.1) is 0 Å². The first-order valence-electron chi connectivity index (χ1n) is 6.37. The maximum absolute atomic E-state index is 10.9. The van der Waals surface area contributed by atoms with Crippen LogP contribution in [0.2, 0.25) is 5.02 Å². The molecule has 0 spiro atoms. The Kier molecular flexibility index (Phi) is 5.02. The molecule has 2 rings (SSSR count). The van der Waals surface area contributed by atoms with Gasteiger partial charge in [0.25, 0.3) is 5.69 Å². The van der Waals surface area contributed by atoms with Gasteiger partial charge >= 0.3 is 0 Å². The van der Waals surface area contributed by atoms with Crippen molar-refractivity contribution in [3.8, 4) is 11.5 Å². The summed E-state index contributed by atoms with van der Waals surface area (Å²) in [5, 5.41) is 21.5. The van der Waals surface area contributed by atoms with E-state index in [2.05, 4.69) is 0 Å². The SMILES string of the molecule is COc1cc(C(=O)[O-])cc(Cl)c1OCc1ccc([N+](=O)[O-])cc1. The molecular formula is C15H11ClNO6-. The van der Waals surface area contributed by atoms with E-state index in [1.807, 2.05) is 0 Å². The van der Waals surface area contributed by atoms with E-state index in [-0.39, 0.29) is 34.4 Å². The number of nitrogens with zero attached hydrogens (tertiary/aromatic N) is 1. The van der Waals surface area contributed by atoms with Crippen molar-refractivity contribution in [3.63, 3.8) is 0 Å². The first-order chi connectivity index (χ1) is 10.9. The molecule has 0 aliphatic rings. The molecule has 0 fully saturated rings. The number of carbonyl (C=O) groups excluding carboxylic acids is 1. The Labute approximate surface area is 136 Å². The molecule has 7 nitrogen and oxygen atoms in total. The molecule has 0 radical (unpaired) electrons. The van der Waals surface area contributed by atoms with Crippen LogP contribution in [0.15, 0.2) is 36.4 Å². The molecule has 0 saturated heterocycles. The van der Waals surface area contributed by atoms with Gasteiger partial charge < -0.3 is 19.4 Å². The van der Waals surface area contributed by atoms with Crippen molar-refractivity contribution in [2.45, 2.75) is 6.61 Å². The molecule has 8 heteroatoms. The van der Waals surface area contributed by atoms with Crippen LogP contribution in [-0.2, 0) is 6.61 Å². The minimum atomic E-state index is -1.38. The zero-order valence-electron chi connectivity index (χ0n) is 11.9. The van der Waals surface area contributed by atoms with Crippen molar-refractivity contribution in [1.29, 1.82) is 0 Å². The van der Waals surface area contributed by atoms with Gasteiger partial charge in [-0.05, 0) is 29.8 Å². The van der Waals surface area contributed by atoms with Crippen LogP contribution in [0.4, 0.5) is 5.69 Å². The zero-order valence-corrected chi connectivity index (χ0v) is 12.7. The van der Waals surface area contributed by atoms with E-state index in [9.17, 15) is 20.0 Å². The molecule has 0 atom stereocenters. The molecule has 23 heavy (non-hydrogen) atoms. The van der Waals surface area contributed by atoms with Gasteiger partial charge in [0.05, 0.1) is 23.0 Å². The highest BCUT2D eigenvalue weighted by atomic mass is 35.5. The zero-order chi connectivity index (χ0) is 17.0. The van der Waals surface area contributed by atoms with Crippen LogP contribution in [0.25, 0.3) is 0 Å². The van der Waals surface area contributed by atoms with Crippen LogP contribution >= 0.6 is 11.6 Å². The number of nitro groups is 1. The predicted molar refractivity (Wildman–Crippen MR) is 79.8 cm³/mol. The molecule has 0 aliphatic carbocycles. The number of hydrogen-bond acceptors (Lipinski definition) is 6. The van der Waals surface area contributed by atoms with Gasteiger partial charge in [0.2, 0.25) is 0 Å². The molecule has 0 N–H and O–H groups in total. The third-order valence-corrected chi connectivity index (χ3v) is 3.28. The standard InChI is InChI=1S/C15H12ClNO6/c1-22-13-7-10(15(18)19)6-12(16)14(13)23-8-9-2-4-11(5-3-9)17(20)21/h2-7H,8H2,1H3,(H,18,19)/p-1. The van der Waals surface area contributed by atoms with E-state index in [0.717, 1.165) is 0 Å². The van der Waals surface area contributed by atoms with E-state index < -0.39 is 10.9 Å². The van der Waals surface area contributed by atoms with Crippen LogP contribution in [0.1, 0.15) is 15.9 Å². The highest BCUT2D eigenvalue weighted by molar-refractivity contribution is 6.32. The van der Waals surface area contributed by atoms with Crippen LogP contribution in [0.3, 0.4) is 0 Å². The summed E-state index contributed by atoms with van der Waals surface area (Å²) in [6, 6.07) is 8.26. The van der Waals surface area contributed by atoms with Crippen molar-refractivity contribution < 1.29 is 24.3 Å². The number of rotatable bonds is 6. The quantitative estimate of drug-likeness (QED) is 0.592. The second kappa shape index (κ2) is 6.97. The smallest absolute Gasteiger partial charge is 0.269 e. The number of benzene rings is 2. The number of carboxylic acids is 1. The number of non-ortho nitro benzene ring substituents is 1. The van der Waals surface area contributed by atoms with Crippen molar-refractivity contribution in [1.82, 2.24) is 0 Å². The number of aromatic carboxylic acids is 1. The van der Waals surface area contributed by atoms with E-state index in [0.29, 0.717) is 5.56 Å². The van der Waals surface area contributed by atoms with Crippen LogP contribution in [0.5, 0.6) is 11.5 Å². The fourth-order valence-corrected chi connectivity index (χ4v) is 2.11. The topological polar surface area (TPSA) is 102 Å². The van der Waals surface area contributed by atoms with Crippen LogP contribution in [0, 0.1) is 10.1 Å². The Morgan fingerprint density at radius 2 is 1.91 bits per heavy atom. The number of carboxylic acid groups (broad SMARTS) is 1. The van der Waals surface area contributed by atoms with Gasteiger partial charge in [-0.2, -0.15) is 0 Å². The van der Waals surface area contributed by atoms with Crippen molar-refractivity contribution in [3.05, 3.63) is 62.7 Å². The van der Waals surface area contributed by atoms with Crippen molar-refractivity contribution >= 4 is 23.3 Å². The molecule has 0 amide bonds. The lowest BCUT2D eigenvalue weighted by Crippen LogP contribution is -2.22. The lowest BCUT2D eigenvalue weighted by atomic mass is 10.2. The van der Waals surface area contributed by atoms with E-state index in [1.165, 1.54) is 31.4 Å². The van der Waals surface area contributed by atoms with Crippen LogP contribution in [-0.4, -0.2) is 18.0 Å². The molecule has 120 valence electrons. The molecule has 0 bridgehead atoms. The lowest BCUT2D eigenvalue weighted by Gasteiger charge is -2.14. The van der Waals surface area contributed by atoms with E-state index in [1.54, 1.807) is 12.1 Å². The Hall–Kier alpha value is -2.80. The Bertz CT molecular complexity index is 744. The van der Waals surface area contributed by atoms with Crippen LogP contribution < -0.4 is 14.6 Å². The molecule has 0 saturated carbocycles. The first kappa shape index (κ1) is 16.6. The lowest BCUT2D eigenvalue weighted by molar-refractivity contribution is -0.384. The van der Waals surface area contributed by atoms with E-state index >= 15 is 0 Å². The van der Waals surface area contributed by atoms with Crippen molar-refractivity contribution in [2.24, 2.45) is 0 Å². The third kappa shape index (κ3) is 3.89. The number of hydrogen-bond donors (Lipinski definition) is 0. The summed E-state index contributed by atoms with van der Waals surface area (Å²) in [4.78, 5) is 21.0. The molecule has 0 aliphatic heterocycles. The number of ether oxygens (including phenoxy) is 2. The number of carbonyl (C=O) groups is 1. The summed E-state index contributed by atoms with van der Waals surface area (Å²) in [5.41, 5.74) is 0.523. The summed E-state index contributed by atoms with van der Waals surface area (Å²) in [6.07, 6.45) is 0. The Morgan fingerprint density at radius 3 is 2.43 bits per heavy atom. The van der Waals surface area contributed by atoms with Gasteiger partial charge in [0.15, 0.2) is 11.5 Å². The molecule has 2 aromatic rings. The van der Waals surface area contributed by atoms with Gasteiger partial charge in [0.1, 0.15) is 6.61 Å². The summed E-state index contributed by atoms with van der Waals surface area (Å²) in [7, 11) is 1.35. The second-order valence-corrected chi connectivity index (χ2v) is 4.90. The highest BCUT2D eigenvalue weighted by Crippen LogP contribution is 2.36. The Morgan fingerprint density at radius 1 is 1.26 bits per heavy atom. The summed E-state index contributed by atoms with van der Waals surface area (Å²) < 4.78 is 10.6. The molecule has 0 unspecified atom stereocenters. The first-order valence-corrected chi connectivity index (χ1v) is 6.75. The van der Waals surface area contributed by atoms with Gasteiger partial charge in [0, 0.05) is 17.7 Å². The summed E-state index contributed by atoms with van der Waals surface area (Å²) in [5.74, 6) is -1.05. The number of halogens is 1. The van der Waals surface area contributed by atoms with Gasteiger partial charge in [-0.1, -0.05) is 11.6 Å². The minimum absolute atomic E-state index is 0.0253. The Balaban J connectivity index is 2.19. The summed E-state index contributed by atoms with van der Waals surface area (Å²) in [6.45, 7) is 0.0821. The molecular weight excluding hydrogens is 326 g/mol. The predicted octanol–water partition coefficient (Wildman–Crippen LogP) is 2.20. The fraction of sp³-hybridized carbons (Fsp3) is 0.133. The number of methoxy groups -OCH3 is 1. The second-order valence-electron chi connectivity index (χ2n) is 4.49. The van der Waals surface area contributed by atoms with Gasteiger partial charge in [-0.3, -0.25) is 10.1 Å². The maximum Gasteiger partial charge on any atom is 0.269 e. The monoisotopic (exact) mass is 336 g/mol. The highest BCUT2D eigenvalue weighted by Gasteiger charge is 2.13. The number of nitro benzene ring substituents is 1. The fourth-order valence-electron chi connectivity index (χ4n) is 1.85. The maximum atomic E-state index is 10.9. The summed E-state index contributed by atoms with van der Waals surface area (Å²) >= 11 is 6.00. The third-order valence-electron chi connectivity index (χ3n) is 3.00. The molecule has 0 heterocycles. The molecule has 2 aromatic carbocycles. The molecule has 0 aromatic heterocycles. The minimum Gasteiger partial charge on any atom is -0.545 e. The normalized spacial score (nSPS) is 10.2. The largest absolute Gasteiger partial charge is 0.545 e. The average Bonchev–Trinajstić information content (AvgIpc) is 2.53.